The normalized spacial score (nSPS) is 11.1. The lowest BCUT2D eigenvalue weighted by Crippen LogP contribution is -2.38. The van der Waals surface area contributed by atoms with Crippen molar-refractivity contribution in [1.29, 1.82) is 0 Å². The quantitative estimate of drug-likeness (QED) is 0.510. The third-order valence-corrected chi connectivity index (χ3v) is 6.75. The zero-order chi connectivity index (χ0) is 21.0. The maximum atomic E-state index is 13.3. The minimum atomic E-state index is -3.97. The van der Waals surface area contributed by atoms with Gasteiger partial charge in [0.05, 0.1) is 21.3 Å². The van der Waals surface area contributed by atoms with Crippen LogP contribution in [0.4, 0.5) is 11.4 Å². The van der Waals surface area contributed by atoms with Crippen molar-refractivity contribution >= 4 is 54.8 Å². The van der Waals surface area contributed by atoms with Gasteiger partial charge in [-0.15, -0.1) is 0 Å². The number of carbonyl (C=O) groups excluding carboxylic acids is 1. The van der Waals surface area contributed by atoms with E-state index >= 15 is 0 Å². The van der Waals surface area contributed by atoms with E-state index in [9.17, 15) is 13.2 Å². The van der Waals surface area contributed by atoms with Crippen molar-refractivity contribution in [1.82, 2.24) is 0 Å². The van der Waals surface area contributed by atoms with Crippen LogP contribution in [0, 0.1) is 6.92 Å². The molecule has 5 nitrogen and oxygen atoms in total. The number of para-hydroxylation sites is 1. The van der Waals surface area contributed by atoms with Crippen LogP contribution in [0.5, 0.6) is 0 Å². The van der Waals surface area contributed by atoms with Crippen LogP contribution in [0.1, 0.15) is 5.56 Å². The summed E-state index contributed by atoms with van der Waals surface area (Å²) in [5, 5.41) is 3.04. The van der Waals surface area contributed by atoms with Crippen molar-refractivity contribution < 1.29 is 13.2 Å². The first-order chi connectivity index (χ1) is 13.8. The highest BCUT2D eigenvalue weighted by molar-refractivity contribution is 9.10. The van der Waals surface area contributed by atoms with Gasteiger partial charge in [-0.05, 0) is 49.4 Å². The lowest BCUT2D eigenvalue weighted by Gasteiger charge is -2.24. The summed E-state index contributed by atoms with van der Waals surface area (Å²) in [6.07, 6.45) is 0. The maximum absolute atomic E-state index is 13.3. The van der Waals surface area contributed by atoms with E-state index in [1.165, 1.54) is 12.1 Å². The fraction of sp³-hybridized carbons (Fsp3) is 0.0952. The Labute approximate surface area is 183 Å². The molecule has 29 heavy (non-hydrogen) atoms. The van der Waals surface area contributed by atoms with Crippen LogP contribution in [-0.4, -0.2) is 20.9 Å². The molecule has 0 saturated carbocycles. The Morgan fingerprint density at radius 1 is 1.03 bits per heavy atom. The van der Waals surface area contributed by atoms with Crippen LogP contribution >= 0.6 is 27.5 Å². The lowest BCUT2D eigenvalue weighted by atomic mass is 10.2. The number of halogens is 2. The van der Waals surface area contributed by atoms with E-state index in [0.717, 1.165) is 9.87 Å². The molecule has 0 atom stereocenters. The van der Waals surface area contributed by atoms with Gasteiger partial charge in [-0.25, -0.2) is 8.42 Å². The fourth-order valence-corrected chi connectivity index (χ4v) is 4.65. The Kier molecular flexibility index (Phi) is 6.62. The maximum Gasteiger partial charge on any atom is 0.264 e. The van der Waals surface area contributed by atoms with Gasteiger partial charge >= 0.3 is 0 Å². The van der Waals surface area contributed by atoms with Crippen molar-refractivity contribution in [2.24, 2.45) is 0 Å². The molecule has 3 aromatic carbocycles. The van der Waals surface area contributed by atoms with E-state index in [1.807, 2.05) is 6.92 Å². The van der Waals surface area contributed by atoms with E-state index in [0.29, 0.717) is 20.9 Å². The molecule has 0 aliphatic heterocycles. The Morgan fingerprint density at radius 2 is 1.72 bits per heavy atom. The molecule has 0 aliphatic rings. The average molecular weight is 494 g/mol. The van der Waals surface area contributed by atoms with Gasteiger partial charge in [0.1, 0.15) is 6.54 Å². The summed E-state index contributed by atoms with van der Waals surface area (Å²) in [7, 11) is -3.97. The lowest BCUT2D eigenvalue weighted by molar-refractivity contribution is -0.114. The van der Waals surface area contributed by atoms with Crippen molar-refractivity contribution in [2.75, 3.05) is 16.2 Å². The molecular weight excluding hydrogens is 476 g/mol. The first-order valence-corrected chi connectivity index (χ1v) is 11.3. The number of anilines is 2. The van der Waals surface area contributed by atoms with Gasteiger partial charge in [0.25, 0.3) is 10.0 Å². The molecule has 8 heteroatoms. The highest BCUT2D eigenvalue weighted by Crippen LogP contribution is 2.27. The summed E-state index contributed by atoms with van der Waals surface area (Å²) in [4.78, 5) is 12.8. The molecule has 0 saturated heterocycles. The number of nitrogens with zero attached hydrogens (tertiary/aromatic N) is 1. The monoisotopic (exact) mass is 492 g/mol. The fourth-order valence-electron chi connectivity index (χ4n) is 2.67. The van der Waals surface area contributed by atoms with Crippen LogP contribution in [0.3, 0.4) is 0 Å². The van der Waals surface area contributed by atoms with Crippen molar-refractivity contribution in [3.63, 3.8) is 0 Å². The molecule has 0 fully saturated rings. The van der Waals surface area contributed by atoms with Gasteiger partial charge in [0.15, 0.2) is 0 Å². The van der Waals surface area contributed by atoms with Crippen LogP contribution in [0.25, 0.3) is 0 Å². The predicted molar refractivity (Wildman–Crippen MR) is 120 cm³/mol. The van der Waals surface area contributed by atoms with E-state index < -0.39 is 22.5 Å². The highest BCUT2D eigenvalue weighted by Gasteiger charge is 2.27. The second kappa shape index (κ2) is 8.98. The summed E-state index contributed by atoms with van der Waals surface area (Å²) in [6, 6.07) is 20.0. The molecule has 1 N–H and O–H groups in total. The van der Waals surface area contributed by atoms with Crippen LogP contribution in [0.2, 0.25) is 5.02 Å². The molecule has 0 aliphatic carbocycles. The van der Waals surface area contributed by atoms with Crippen LogP contribution in [-0.2, 0) is 14.8 Å². The van der Waals surface area contributed by atoms with Crippen LogP contribution < -0.4 is 9.62 Å². The van der Waals surface area contributed by atoms with Crippen molar-refractivity contribution in [3.8, 4) is 0 Å². The topological polar surface area (TPSA) is 66.5 Å². The number of rotatable bonds is 6. The van der Waals surface area contributed by atoms with Gasteiger partial charge in [-0.2, -0.15) is 0 Å². The standard InChI is InChI=1S/C21H18BrClN2O3S/c1-15-9-11-18(12-10-15)29(27,28)25(17-6-4-5-16(22)13-17)14-21(26)24-20-8-3-2-7-19(20)23/h2-13H,14H2,1H3,(H,24,26). The summed E-state index contributed by atoms with van der Waals surface area (Å²) < 4.78 is 28.4. The number of benzene rings is 3. The Hall–Kier alpha value is -2.35. The first-order valence-electron chi connectivity index (χ1n) is 8.67. The molecule has 3 rings (SSSR count). The van der Waals surface area contributed by atoms with Crippen molar-refractivity contribution in [3.05, 3.63) is 87.9 Å². The van der Waals surface area contributed by atoms with E-state index in [4.69, 9.17) is 11.6 Å². The highest BCUT2D eigenvalue weighted by atomic mass is 79.9. The van der Waals surface area contributed by atoms with E-state index in [-0.39, 0.29) is 4.90 Å². The SMILES string of the molecule is Cc1ccc(S(=O)(=O)N(CC(=O)Nc2ccccc2Cl)c2cccc(Br)c2)cc1. The summed E-state index contributed by atoms with van der Waals surface area (Å²) in [5.41, 5.74) is 1.73. The molecule has 0 spiro atoms. The van der Waals surface area contributed by atoms with Gasteiger partial charge in [-0.1, -0.05) is 63.4 Å². The third kappa shape index (κ3) is 5.18. The molecule has 0 radical (unpaired) electrons. The zero-order valence-electron chi connectivity index (χ0n) is 15.5. The third-order valence-electron chi connectivity index (χ3n) is 4.14. The molecular formula is C21H18BrClN2O3S. The van der Waals surface area contributed by atoms with Crippen molar-refractivity contribution in [2.45, 2.75) is 11.8 Å². The van der Waals surface area contributed by atoms with E-state index in [1.54, 1.807) is 60.7 Å². The molecule has 1 amide bonds. The second-order valence-electron chi connectivity index (χ2n) is 6.33. The molecule has 0 bridgehead atoms. The molecule has 3 aromatic rings. The largest absolute Gasteiger partial charge is 0.323 e. The number of amides is 1. The number of hydrogen-bond donors (Lipinski definition) is 1. The zero-order valence-corrected chi connectivity index (χ0v) is 18.6. The summed E-state index contributed by atoms with van der Waals surface area (Å²) in [6.45, 7) is 1.47. The summed E-state index contributed by atoms with van der Waals surface area (Å²) >= 11 is 9.44. The van der Waals surface area contributed by atoms with Crippen LogP contribution in [0.15, 0.2) is 82.2 Å². The van der Waals surface area contributed by atoms with Gasteiger partial charge in [-0.3, -0.25) is 9.10 Å². The Balaban J connectivity index is 1.96. The second-order valence-corrected chi connectivity index (χ2v) is 9.52. The predicted octanol–water partition coefficient (Wildman–Crippen LogP) is 5.24. The smallest absolute Gasteiger partial charge is 0.264 e. The number of nitrogens with one attached hydrogen (secondary N) is 1. The average Bonchev–Trinajstić information content (AvgIpc) is 2.68. The Bertz CT molecular complexity index is 1130. The first kappa shape index (κ1) is 21.4. The Morgan fingerprint density at radius 3 is 2.38 bits per heavy atom. The number of aryl methyl sites for hydroxylation is 1. The molecule has 150 valence electrons. The minimum Gasteiger partial charge on any atom is -0.323 e. The van der Waals surface area contributed by atoms with Gasteiger partial charge in [0.2, 0.25) is 5.91 Å². The van der Waals surface area contributed by atoms with E-state index in [2.05, 4.69) is 21.2 Å². The number of carbonyl (C=O) groups is 1. The summed E-state index contributed by atoms with van der Waals surface area (Å²) in [5.74, 6) is -0.506. The van der Waals surface area contributed by atoms with Gasteiger partial charge in [0, 0.05) is 4.47 Å². The molecule has 0 heterocycles. The van der Waals surface area contributed by atoms with Gasteiger partial charge < -0.3 is 5.32 Å². The molecule has 0 aromatic heterocycles. The molecule has 0 unspecified atom stereocenters. The minimum absolute atomic E-state index is 0.105. The number of sulfonamides is 1. The number of hydrogen-bond acceptors (Lipinski definition) is 3.